The summed E-state index contributed by atoms with van der Waals surface area (Å²) in [6, 6.07) is 14.3. The molecule has 4 aromatic rings. The van der Waals surface area contributed by atoms with Crippen molar-refractivity contribution >= 4 is 17.5 Å². The predicted octanol–water partition coefficient (Wildman–Crippen LogP) is 3.82. The molecule has 130 valence electrons. The summed E-state index contributed by atoms with van der Waals surface area (Å²) in [5.41, 5.74) is 6.32. The number of fused-ring (bicyclic) bond motifs is 1. The summed E-state index contributed by atoms with van der Waals surface area (Å²) in [5, 5.41) is 0.786. The van der Waals surface area contributed by atoms with Crippen molar-refractivity contribution in [1.82, 2.24) is 19.9 Å². The first-order chi connectivity index (χ1) is 12.6. The number of nitrogens with zero attached hydrogens (tertiary/aromatic N) is 4. The van der Waals surface area contributed by atoms with Gasteiger partial charge in [0.1, 0.15) is 17.6 Å². The van der Waals surface area contributed by atoms with Crippen molar-refractivity contribution in [2.45, 2.75) is 31.7 Å². The lowest BCUT2D eigenvalue weighted by Crippen LogP contribution is -2.24. The van der Waals surface area contributed by atoms with Crippen molar-refractivity contribution in [3.8, 4) is 11.3 Å². The van der Waals surface area contributed by atoms with E-state index in [0.29, 0.717) is 0 Å². The Bertz CT molecular complexity index is 1070. The van der Waals surface area contributed by atoms with E-state index in [1.165, 1.54) is 0 Å². The molecule has 0 aliphatic carbocycles. The minimum absolute atomic E-state index is 0.763. The molecule has 0 saturated heterocycles. The molecule has 3 heterocycles. The monoisotopic (exact) mass is 362 g/mol. The molecule has 0 unspecified atom stereocenters. The lowest BCUT2D eigenvalue weighted by atomic mass is 10.1. The van der Waals surface area contributed by atoms with Gasteiger partial charge in [-0.1, -0.05) is 47.1 Å². The van der Waals surface area contributed by atoms with Gasteiger partial charge in [-0.25, -0.2) is 19.4 Å². The van der Waals surface area contributed by atoms with Gasteiger partial charge in [0.05, 0.1) is 17.1 Å². The van der Waals surface area contributed by atoms with E-state index in [2.05, 4.69) is 50.7 Å². The maximum absolute atomic E-state index is 4.72. The zero-order valence-corrected chi connectivity index (χ0v) is 15.8. The van der Waals surface area contributed by atoms with Crippen LogP contribution < -0.4 is 4.40 Å². The number of aromatic amines is 1. The third-order valence-corrected chi connectivity index (χ3v) is 5.02. The van der Waals surface area contributed by atoms with Crippen LogP contribution in [0.4, 0.5) is 0 Å². The Morgan fingerprint density at radius 1 is 0.962 bits per heavy atom. The summed E-state index contributed by atoms with van der Waals surface area (Å²) in [5.74, 6) is 1.63. The van der Waals surface area contributed by atoms with Crippen LogP contribution in [-0.4, -0.2) is 19.9 Å². The number of aryl methyl sites for hydroxylation is 3. The fourth-order valence-corrected chi connectivity index (χ4v) is 3.76. The van der Waals surface area contributed by atoms with Gasteiger partial charge in [-0.15, -0.1) is 0 Å². The van der Waals surface area contributed by atoms with E-state index in [1.807, 2.05) is 38.1 Å². The predicted molar refractivity (Wildman–Crippen MR) is 103 cm³/mol. The van der Waals surface area contributed by atoms with Crippen LogP contribution in [0.2, 0.25) is 0 Å². The quantitative estimate of drug-likeness (QED) is 0.341. The molecular weight excluding hydrogens is 342 g/mol. The molecule has 0 amide bonds. The van der Waals surface area contributed by atoms with E-state index in [4.69, 9.17) is 4.98 Å². The number of aromatic nitrogens is 5. The maximum Gasteiger partial charge on any atom is 0.401 e. The molecule has 0 spiro atoms. The molecular formula is C20H20N5S+. The Labute approximate surface area is 156 Å². The fourth-order valence-electron chi connectivity index (χ4n) is 2.95. The highest BCUT2D eigenvalue weighted by Crippen LogP contribution is 2.23. The average Bonchev–Trinajstić information content (AvgIpc) is 3.03. The second kappa shape index (κ2) is 6.88. The summed E-state index contributed by atoms with van der Waals surface area (Å²) in [4.78, 5) is 17.2. The number of thioether (sulfide) groups is 1. The number of rotatable bonds is 4. The Balaban J connectivity index is 1.58. The van der Waals surface area contributed by atoms with Crippen molar-refractivity contribution in [2.75, 3.05) is 0 Å². The Kier molecular flexibility index (Phi) is 4.42. The van der Waals surface area contributed by atoms with E-state index in [-0.39, 0.29) is 0 Å². The summed E-state index contributed by atoms with van der Waals surface area (Å²) >= 11 is 1.63. The minimum Gasteiger partial charge on any atom is -0.242 e. The highest BCUT2D eigenvalue weighted by molar-refractivity contribution is 7.98. The van der Waals surface area contributed by atoms with Crippen LogP contribution in [0.5, 0.6) is 0 Å². The normalized spacial score (nSPS) is 11.2. The SMILES string of the molecule is Cc1cc(-c2ccccc2)nc(SCc2c[n+]3c(C)cc(C)nc3[nH]2)n1. The Hall–Kier alpha value is -2.73. The number of hydrogen-bond acceptors (Lipinski definition) is 4. The average molecular weight is 362 g/mol. The van der Waals surface area contributed by atoms with Crippen LogP contribution in [0.3, 0.4) is 0 Å². The maximum atomic E-state index is 4.72. The highest BCUT2D eigenvalue weighted by atomic mass is 32.2. The van der Waals surface area contributed by atoms with Crippen LogP contribution in [0.1, 0.15) is 22.8 Å². The van der Waals surface area contributed by atoms with Crippen molar-refractivity contribution < 1.29 is 4.40 Å². The number of H-pyrrole nitrogens is 1. The van der Waals surface area contributed by atoms with Gasteiger partial charge >= 0.3 is 5.78 Å². The topological polar surface area (TPSA) is 58.6 Å². The first kappa shape index (κ1) is 16.7. The van der Waals surface area contributed by atoms with Crippen LogP contribution in [-0.2, 0) is 5.75 Å². The number of imidazole rings is 1. The Morgan fingerprint density at radius 3 is 2.54 bits per heavy atom. The second-order valence-electron chi connectivity index (χ2n) is 6.34. The lowest BCUT2D eigenvalue weighted by Gasteiger charge is -2.05. The zero-order chi connectivity index (χ0) is 18.1. The van der Waals surface area contributed by atoms with Crippen molar-refractivity contribution in [1.29, 1.82) is 0 Å². The molecule has 0 aliphatic rings. The molecule has 6 heteroatoms. The molecule has 26 heavy (non-hydrogen) atoms. The molecule has 1 N–H and O–H groups in total. The van der Waals surface area contributed by atoms with Crippen LogP contribution >= 0.6 is 11.8 Å². The molecule has 0 bridgehead atoms. The first-order valence-corrected chi connectivity index (χ1v) is 9.48. The summed E-state index contributed by atoms with van der Waals surface area (Å²) in [6.45, 7) is 6.10. The van der Waals surface area contributed by atoms with Gasteiger partial charge in [-0.2, -0.15) is 0 Å². The Morgan fingerprint density at radius 2 is 1.73 bits per heavy atom. The zero-order valence-electron chi connectivity index (χ0n) is 15.0. The molecule has 5 nitrogen and oxygen atoms in total. The van der Waals surface area contributed by atoms with Crippen LogP contribution in [0.25, 0.3) is 17.0 Å². The molecule has 0 radical (unpaired) electrons. The molecule has 0 fully saturated rings. The molecule has 4 rings (SSSR count). The smallest absolute Gasteiger partial charge is 0.242 e. The van der Waals surface area contributed by atoms with Crippen molar-refractivity contribution in [3.63, 3.8) is 0 Å². The third kappa shape index (κ3) is 3.46. The van der Waals surface area contributed by atoms with E-state index >= 15 is 0 Å². The van der Waals surface area contributed by atoms with E-state index in [0.717, 1.165) is 50.7 Å². The first-order valence-electron chi connectivity index (χ1n) is 8.50. The van der Waals surface area contributed by atoms with Gasteiger partial charge in [0.15, 0.2) is 5.16 Å². The van der Waals surface area contributed by atoms with E-state index < -0.39 is 0 Å². The van der Waals surface area contributed by atoms with Gasteiger partial charge in [0, 0.05) is 17.3 Å². The van der Waals surface area contributed by atoms with E-state index in [1.54, 1.807) is 11.8 Å². The third-order valence-electron chi connectivity index (χ3n) is 4.13. The number of nitrogens with one attached hydrogen (secondary N) is 1. The van der Waals surface area contributed by atoms with Gasteiger partial charge in [-0.3, -0.25) is 0 Å². The highest BCUT2D eigenvalue weighted by Gasteiger charge is 2.14. The van der Waals surface area contributed by atoms with Gasteiger partial charge in [0.25, 0.3) is 0 Å². The fraction of sp³-hybridized carbons (Fsp3) is 0.200. The molecule has 0 aliphatic heterocycles. The van der Waals surface area contributed by atoms with Crippen molar-refractivity contribution in [3.05, 3.63) is 71.4 Å². The summed E-state index contributed by atoms with van der Waals surface area (Å²) in [7, 11) is 0. The van der Waals surface area contributed by atoms with Crippen LogP contribution in [0, 0.1) is 20.8 Å². The van der Waals surface area contributed by atoms with Crippen molar-refractivity contribution in [2.24, 2.45) is 0 Å². The minimum atomic E-state index is 0.763. The molecule has 0 atom stereocenters. The standard InChI is InChI=1S/C20H19N5S/c1-13-9-15(3)25-11-17(23-19(25)21-13)12-26-20-22-14(2)10-18(24-20)16-7-5-4-6-8-16/h4-11H,12H2,1-3H3/p+1. The molecule has 3 aromatic heterocycles. The van der Waals surface area contributed by atoms with Gasteiger partial charge in [-0.05, 0) is 26.8 Å². The molecule has 0 saturated carbocycles. The lowest BCUT2D eigenvalue weighted by molar-refractivity contribution is -0.520. The van der Waals surface area contributed by atoms with Crippen LogP contribution in [0.15, 0.2) is 53.8 Å². The summed E-state index contributed by atoms with van der Waals surface area (Å²) < 4.78 is 2.08. The van der Waals surface area contributed by atoms with Gasteiger partial charge in [0.2, 0.25) is 0 Å². The van der Waals surface area contributed by atoms with Gasteiger partial charge < -0.3 is 0 Å². The number of benzene rings is 1. The summed E-state index contributed by atoms with van der Waals surface area (Å²) in [6.07, 6.45) is 2.10. The van der Waals surface area contributed by atoms with E-state index in [9.17, 15) is 0 Å². The second-order valence-corrected chi connectivity index (χ2v) is 7.29. The number of hydrogen-bond donors (Lipinski definition) is 1. The largest absolute Gasteiger partial charge is 0.401 e. The molecule has 1 aromatic carbocycles.